The third-order valence-electron chi connectivity index (χ3n) is 1.51. The second-order valence-electron chi connectivity index (χ2n) is 2.64. The average Bonchev–Trinajstić information content (AvgIpc) is 2.16. The predicted molar refractivity (Wildman–Crippen MR) is 60.6 cm³/mol. The normalized spacial score (nSPS) is 9.29. The van der Waals surface area contributed by atoms with Crippen LogP contribution in [0, 0.1) is 0 Å². The van der Waals surface area contributed by atoms with Gasteiger partial charge in [-0.15, -0.1) is 0 Å². The van der Waals surface area contributed by atoms with Gasteiger partial charge in [0.2, 0.25) is 0 Å². The minimum Gasteiger partial charge on any atom is -1.00 e. The van der Waals surface area contributed by atoms with E-state index in [0.29, 0.717) is 0 Å². The number of hydrogen-bond acceptors (Lipinski definition) is 3. The third-order valence-corrected chi connectivity index (χ3v) is 1.51. The van der Waals surface area contributed by atoms with Crippen molar-refractivity contribution in [1.29, 1.82) is 0 Å². The number of fused-ring (bicyclic) bond motifs is 1. The van der Waals surface area contributed by atoms with Crippen LogP contribution < -0.4 is 51.4 Å². The Hall–Kier alpha value is 0.0964. The standard InChI is InChI=1S/C9H7N.K.H2O4S.H2O.H/c1-2-6-9-8(4-1)5-3-7-10-9;;1-5(2,3)4;;/h1-7H;;(H2,1,2,3,4);1H2;/q;+1;;;-1. The smallest absolute Gasteiger partial charge is 1.00 e. The Morgan fingerprint density at radius 2 is 1.53 bits per heavy atom. The van der Waals surface area contributed by atoms with Crippen LogP contribution in [0.25, 0.3) is 10.9 Å². The molecule has 0 unspecified atom stereocenters. The van der Waals surface area contributed by atoms with E-state index in [0.717, 1.165) is 5.52 Å². The van der Waals surface area contributed by atoms with Crippen molar-refractivity contribution in [2.75, 3.05) is 0 Å². The van der Waals surface area contributed by atoms with E-state index in [2.05, 4.69) is 17.1 Å². The molecule has 17 heavy (non-hydrogen) atoms. The van der Waals surface area contributed by atoms with Gasteiger partial charge in [0.25, 0.3) is 0 Å². The van der Waals surface area contributed by atoms with Crippen molar-refractivity contribution >= 4 is 21.3 Å². The molecule has 0 bridgehead atoms. The molecule has 1 heterocycles. The summed E-state index contributed by atoms with van der Waals surface area (Å²) in [5, 5.41) is 1.20. The molecule has 0 saturated heterocycles. The van der Waals surface area contributed by atoms with E-state index in [9.17, 15) is 0 Å². The van der Waals surface area contributed by atoms with Crippen molar-refractivity contribution in [2.24, 2.45) is 0 Å². The molecule has 1 aromatic heterocycles. The summed E-state index contributed by atoms with van der Waals surface area (Å²) in [7, 11) is -4.67. The number of benzene rings is 1. The molecule has 0 atom stereocenters. The van der Waals surface area contributed by atoms with Crippen molar-refractivity contribution in [3.05, 3.63) is 42.6 Å². The first-order valence-corrected chi connectivity index (χ1v) is 5.36. The number of rotatable bonds is 0. The van der Waals surface area contributed by atoms with E-state index in [4.69, 9.17) is 17.5 Å². The maximum atomic E-state index is 8.74. The van der Waals surface area contributed by atoms with Gasteiger partial charge in [-0.25, -0.2) is 0 Å². The van der Waals surface area contributed by atoms with Gasteiger partial charge in [0.05, 0.1) is 5.52 Å². The number of hydrogen-bond donors (Lipinski definition) is 2. The molecule has 0 amide bonds. The molecule has 8 heteroatoms. The van der Waals surface area contributed by atoms with Crippen LogP contribution in [0.5, 0.6) is 0 Å². The fourth-order valence-electron chi connectivity index (χ4n) is 1.02. The Bertz CT molecular complexity index is 478. The molecule has 0 aliphatic carbocycles. The molecule has 0 spiro atoms. The van der Waals surface area contributed by atoms with Crippen LogP contribution in [0.1, 0.15) is 1.43 Å². The third kappa shape index (κ3) is 9.77. The first-order chi connectivity index (χ1) is 6.97. The van der Waals surface area contributed by atoms with Gasteiger partial charge in [0, 0.05) is 11.6 Å². The molecule has 0 fully saturated rings. The predicted octanol–water partition coefficient (Wildman–Crippen LogP) is -2.13. The molecule has 2 aromatic rings. The Labute approximate surface area is 143 Å². The average molecular weight is 285 g/mol. The van der Waals surface area contributed by atoms with E-state index in [-0.39, 0.29) is 58.3 Å². The van der Waals surface area contributed by atoms with Gasteiger partial charge >= 0.3 is 61.8 Å². The van der Waals surface area contributed by atoms with E-state index in [1.807, 2.05) is 30.5 Å². The molecule has 6 nitrogen and oxygen atoms in total. The second kappa shape index (κ2) is 9.08. The van der Waals surface area contributed by atoms with E-state index in [1.165, 1.54) is 5.39 Å². The largest absolute Gasteiger partial charge is 1.00 e. The number of pyridine rings is 1. The molecule has 0 saturated carbocycles. The summed E-state index contributed by atoms with van der Waals surface area (Å²) < 4.78 is 31.6. The Kier molecular flexibility index (Phi) is 10.4. The molecule has 90 valence electrons. The zero-order valence-electron chi connectivity index (χ0n) is 10.1. The zero-order valence-corrected chi connectivity index (χ0v) is 13.0. The van der Waals surface area contributed by atoms with Crippen molar-refractivity contribution in [1.82, 2.24) is 4.98 Å². The van der Waals surface area contributed by atoms with Crippen molar-refractivity contribution in [2.45, 2.75) is 0 Å². The van der Waals surface area contributed by atoms with Crippen LogP contribution in [0.15, 0.2) is 42.6 Å². The molecule has 0 aliphatic heterocycles. The quantitative estimate of drug-likeness (QED) is 0.423. The van der Waals surface area contributed by atoms with Gasteiger partial charge in [0.1, 0.15) is 0 Å². The summed E-state index contributed by atoms with van der Waals surface area (Å²) in [5.74, 6) is 0. The van der Waals surface area contributed by atoms with E-state index < -0.39 is 10.4 Å². The fraction of sp³-hybridized carbons (Fsp3) is 0. The summed E-state index contributed by atoms with van der Waals surface area (Å²) >= 11 is 0. The molecule has 0 radical (unpaired) electrons. The molecule has 2 rings (SSSR count). The van der Waals surface area contributed by atoms with Gasteiger partial charge in [-0.05, 0) is 12.1 Å². The summed E-state index contributed by atoms with van der Waals surface area (Å²) in [4.78, 5) is 4.18. The molecular formula is C9H12KNO5S. The van der Waals surface area contributed by atoms with Crippen LogP contribution >= 0.6 is 0 Å². The Morgan fingerprint density at radius 1 is 1.06 bits per heavy atom. The minimum absolute atomic E-state index is 0. The SMILES string of the molecule is O.O=S(=O)(O)O.[H-].[K+].c1ccc2ncccc2c1. The van der Waals surface area contributed by atoms with Crippen LogP contribution in [0.2, 0.25) is 0 Å². The van der Waals surface area contributed by atoms with Gasteiger partial charge in [-0.1, -0.05) is 24.3 Å². The van der Waals surface area contributed by atoms with Crippen LogP contribution in [0.3, 0.4) is 0 Å². The van der Waals surface area contributed by atoms with Gasteiger partial charge in [0.15, 0.2) is 0 Å². The summed E-state index contributed by atoms with van der Waals surface area (Å²) in [5.41, 5.74) is 1.06. The zero-order chi connectivity index (χ0) is 11.3. The maximum absolute atomic E-state index is 8.74. The Morgan fingerprint density at radius 3 is 2.06 bits per heavy atom. The number of aromatic nitrogens is 1. The first-order valence-electron chi connectivity index (χ1n) is 3.96. The van der Waals surface area contributed by atoms with E-state index >= 15 is 0 Å². The minimum atomic E-state index is -4.67. The Balaban J connectivity index is -0.000000252. The topological polar surface area (TPSA) is 119 Å². The van der Waals surface area contributed by atoms with Gasteiger partial charge < -0.3 is 6.90 Å². The molecule has 1 aromatic carbocycles. The maximum Gasteiger partial charge on any atom is 1.00 e. The molecule has 0 aliphatic rings. The number of para-hydroxylation sites is 1. The van der Waals surface area contributed by atoms with Crippen molar-refractivity contribution in [3.8, 4) is 0 Å². The first kappa shape index (κ1) is 19.4. The van der Waals surface area contributed by atoms with Crippen LogP contribution in [-0.4, -0.2) is 28.0 Å². The van der Waals surface area contributed by atoms with Crippen molar-refractivity contribution < 1.29 is 75.8 Å². The number of nitrogens with zero attached hydrogens (tertiary/aromatic N) is 1. The van der Waals surface area contributed by atoms with Gasteiger partial charge in [-0.2, -0.15) is 8.42 Å². The monoisotopic (exact) mass is 285 g/mol. The molecular weight excluding hydrogens is 273 g/mol. The molecule has 4 N–H and O–H groups in total. The second-order valence-corrected chi connectivity index (χ2v) is 3.54. The summed E-state index contributed by atoms with van der Waals surface area (Å²) in [6, 6.07) is 12.1. The van der Waals surface area contributed by atoms with Crippen molar-refractivity contribution in [3.63, 3.8) is 0 Å². The van der Waals surface area contributed by atoms with Gasteiger partial charge in [-0.3, -0.25) is 14.1 Å². The van der Waals surface area contributed by atoms with E-state index in [1.54, 1.807) is 0 Å². The van der Waals surface area contributed by atoms with Crippen LogP contribution in [0.4, 0.5) is 0 Å². The summed E-state index contributed by atoms with van der Waals surface area (Å²) in [6.45, 7) is 0. The summed E-state index contributed by atoms with van der Waals surface area (Å²) in [6.07, 6.45) is 1.81. The van der Waals surface area contributed by atoms with Crippen LogP contribution in [-0.2, 0) is 10.4 Å². The fourth-order valence-corrected chi connectivity index (χ4v) is 1.02.